The summed E-state index contributed by atoms with van der Waals surface area (Å²) in [7, 11) is 0. The maximum absolute atomic E-state index is 12.8. The van der Waals surface area contributed by atoms with E-state index in [2.05, 4.69) is 27.8 Å². The molecule has 0 saturated carbocycles. The van der Waals surface area contributed by atoms with Crippen LogP contribution in [0.15, 0.2) is 28.8 Å². The van der Waals surface area contributed by atoms with Gasteiger partial charge in [0.2, 0.25) is 5.95 Å². The van der Waals surface area contributed by atoms with Crippen LogP contribution in [-0.4, -0.2) is 32.8 Å². The highest BCUT2D eigenvalue weighted by molar-refractivity contribution is 7.10. The first-order valence-electron chi connectivity index (χ1n) is 9.18. The molecular formula is C18H25N5O2S. The topological polar surface area (TPSA) is 81.9 Å². The third-order valence-electron chi connectivity index (χ3n) is 4.48. The zero-order chi connectivity index (χ0) is 18.4. The van der Waals surface area contributed by atoms with Crippen molar-refractivity contribution >= 4 is 23.3 Å². The maximum atomic E-state index is 12.8. The Kier molecular flexibility index (Phi) is 6.38. The van der Waals surface area contributed by atoms with E-state index in [-0.39, 0.29) is 12.0 Å². The fourth-order valence-electron chi connectivity index (χ4n) is 3.11. The molecule has 1 atom stereocenters. The number of aromatic nitrogens is 4. The van der Waals surface area contributed by atoms with E-state index in [9.17, 15) is 4.79 Å². The Hall–Kier alpha value is -2.22. The molecule has 1 aliphatic heterocycles. The summed E-state index contributed by atoms with van der Waals surface area (Å²) in [6.45, 7) is 4.51. The van der Waals surface area contributed by atoms with E-state index in [0.717, 1.165) is 23.4 Å². The summed E-state index contributed by atoms with van der Waals surface area (Å²) in [5, 5.41) is 16.8. The van der Waals surface area contributed by atoms with Gasteiger partial charge in [0, 0.05) is 10.6 Å². The number of fused-ring (bicyclic) bond motifs is 1. The molecule has 0 spiro atoms. The van der Waals surface area contributed by atoms with Crippen LogP contribution in [0.5, 0.6) is 0 Å². The van der Waals surface area contributed by atoms with E-state index < -0.39 is 0 Å². The summed E-state index contributed by atoms with van der Waals surface area (Å²) in [5.74, 6) is 0.233. The van der Waals surface area contributed by atoms with Gasteiger partial charge in [0.25, 0.3) is 0 Å². The maximum Gasteiger partial charge on any atom is 0.338 e. The number of unbranched alkanes of at least 4 members (excludes halogenated alkanes) is 5. The second-order valence-electron chi connectivity index (χ2n) is 6.43. The summed E-state index contributed by atoms with van der Waals surface area (Å²) in [4.78, 5) is 13.8. The third kappa shape index (κ3) is 4.12. The van der Waals surface area contributed by atoms with Gasteiger partial charge in [0.05, 0.1) is 12.2 Å². The number of thiophene rings is 1. The van der Waals surface area contributed by atoms with Gasteiger partial charge < -0.3 is 10.1 Å². The number of nitrogens with one attached hydrogen (secondary N) is 1. The molecule has 2 aromatic heterocycles. The van der Waals surface area contributed by atoms with Crippen molar-refractivity contribution < 1.29 is 9.53 Å². The minimum absolute atomic E-state index is 0.303. The van der Waals surface area contributed by atoms with Crippen molar-refractivity contribution in [3.63, 3.8) is 0 Å². The molecule has 0 saturated heterocycles. The molecule has 0 aromatic carbocycles. The normalized spacial score (nSPS) is 16.3. The molecule has 1 N–H and O–H groups in total. The van der Waals surface area contributed by atoms with Crippen LogP contribution in [0.1, 0.15) is 63.3 Å². The zero-order valence-corrected chi connectivity index (χ0v) is 16.1. The van der Waals surface area contributed by atoms with E-state index in [1.54, 1.807) is 16.0 Å². The Morgan fingerprint density at radius 1 is 1.31 bits per heavy atom. The first-order valence-corrected chi connectivity index (χ1v) is 10.1. The molecule has 2 aromatic rings. The van der Waals surface area contributed by atoms with Crippen LogP contribution in [0.4, 0.5) is 5.95 Å². The van der Waals surface area contributed by atoms with Crippen molar-refractivity contribution in [1.29, 1.82) is 0 Å². The summed E-state index contributed by atoms with van der Waals surface area (Å²) in [5.41, 5.74) is 1.30. The molecule has 0 aliphatic carbocycles. The summed E-state index contributed by atoms with van der Waals surface area (Å²) in [6, 6.07) is 3.60. The number of ether oxygens (including phenoxy) is 1. The molecular weight excluding hydrogens is 350 g/mol. The molecule has 0 unspecified atom stereocenters. The van der Waals surface area contributed by atoms with Gasteiger partial charge in [-0.05, 0) is 35.2 Å². The highest BCUT2D eigenvalue weighted by Gasteiger charge is 2.35. The molecule has 3 rings (SSSR count). The number of esters is 1. The molecule has 7 nitrogen and oxygen atoms in total. The number of hydrogen-bond acceptors (Lipinski definition) is 7. The SMILES string of the molecule is CCCCCCCCOC(=O)C1=C(C)Nc2nnnn2[C@H]1c1cccs1. The summed E-state index contributed by atoms with van der Waals surface area (Å²) < 4.78 is 7.20. The van der Waals surface area contributed by atoms with E-state index in [4.69, 9.17) is 4.74 Å². The number of anilines is 1. The van der Waals surface area contributed by atoms with Crippen LogP contribution in [0.3, 0.4) is 0 Å². The molecule has 0 radical (unpaired) electrons. The van der Waals surface area contributed by atoms with Gasteiger partial charge in [-0.1, -0.05) is 50.2 Å². The second kappa shape index (κ2) is 8.93. The lowest BCUT2D eigenvalue weighted by atomic mass is 10.0. The van der Waals surface area contributed by atoms with Crippen LogP contribution >= 0.6 is 11.3 Å². The molecule has 140 valence electrons. The first kappa shape index (κ1) is 18.6. The Morgan fingerprint density at radius 3 is 2.88 bits per heavy atom. The van der Waals surface area contributed by atoms with Crippen molar-refractivity contribution in [2.24, 2.45) is 0 Å². The van der Waals surface area contributed by atoms with Crippen molar-refractivity contribution in [3.8, 4) is 0 Å². The number of tetrazole rings is 1. The number of nitrogens with zero attached hydrogens (tertiary/aromatic N) is 4. The van der Waals surface area contributed by atoms with Gasteiger partial charge in [-0.25, -0.2) is 4.79 Å². The van der Waals surface area contributed by atoms with E-state index >= 15 is 0 Å². The highest BCUT2D eigenvalue weighted by Crippen LogP contribution is 2.36. The quantitative estimate of drug-likeness (QED) is 0.528. The first-order chi connectivity index (χ1) is 12.7. The van der Waals surface area contributed by atoms with Gasteiger partial charge in [0.15, 0.2) is 0 Å². The average molecular weight is 375 g/mol. The Balaban J connectivity index is 1.66. The lowest BCUT2D eigenvalue weighted by molar-refractivity contribution is -0.139. The van der Waals surface area contributed by atoms with E-state index in [1.807, 2.05) is 24.4 Å². The smallest absolute Gasteiger partial charge is 0.338 e. The van der Waals surface area contributed by atoms with Crippen molar-refractivity contribution in [2.75, 3.05) is 11.9 Å². The van der Waals surface area contributed by atoms with Gasteiger partial charge in [0.1, 0.15) is 6.04 Å². The predicted molar refractivity (Wildman–Crippen MR) is 101 cm³/mol. The lowest BCUT2D eigenvalue weighted by Crippen LogP contribution is -2.29. The fourth-order valence-corrected chi connectivity index (χ4v) is 3.93. The van der Waals surface area contributed by atoms with Gasteiger partial charge in [-0.3, -0.25) is 0 Å². The van der Waals surface area contributed by atoms with Crippen molar-refractivity contribution in [3.05, 3.63) is 33.7 Å². The fraction of sp³-hybridized carbons (Fsp3) is 0.556. The minimum atomic E-state index is -0.349. The average Bonchev–Trinajstić information content (AvgIpc) is 3.31. The van der Waals surface area contributed by atoms with Crippen LogP contribution < -0.4 is 5.32 Å². The molecule has 3 heterocycles. The Bertz CT molecular complexity index is 753. The number of rotatable bonds is 9. The predicted octanol–water partition coefficient (Wildman–Crippen LogP) is 3.93. The number of hydrogen-bond donors (Lipinski definition) is 1. The number of carbonyl (C=O) groups is 1. The lowest BCUT2D eigenvalue weighted by Gasteiger charge is -2.26. The van der Waals surface area contributed by atoms with Crippen LogP contribution in [0, 0.1) is 0 Å². The van der Waals surface area contributed by atoms with Crippen molar-refractivity contribution in [2.45, 2.75) is 58.4 Å². The highest BCUT2D eigenvalue weighted by atomic mass is 32.1. The molecule has 0 bridgehead atoms. The van der Waals surface area contributed by atoms with Crippen LogP contribution in [0.2, 0.25) is 0 Å². The number of carbonyl (C=O) groups excluding carboxylic acids is 1. The summed E-state index contributed by atoms with van der Waals surface area (Å²) >= 11 is 1.57. The number of allylic oxidation sites excluding steroid dienone is 1. The Morgan fingerprint density at radius 2 is 2.12 bits per heavy atom. The Labute approximate surface area is 157 Å². The molecule has 8 heteroatoms. The molecule has 1 aliphatic rings. The third-order valence-corrected chi connectivity index (χ3v) is 5.40. The zero-order valence-electron chi connectivity index (χ0n) is 15.3. The molecule has 0 fully saturated rings. The van der Waals surface area contributed by atoms with E-state index in [0.29, 0.717) is 18.1 Å². The van der Waals surface area contributed by atoms with Crippen molar-refractivity contribution in [1.82, 2.24) is 20.2 Å². The molecule has 26 heavy (non-hydrogen) atoms. The van der Waals surface area contributed by atoms with Crippen LogP contribution in [0.25, 0.3) is 0 Å². The van der Waals surface area contributed by atoms with Crippen LogP contribution in [-0.2, 0) is 9.53 Å². The van der Waals surface area contributed by atoms with Gasteiger partial charge in [-0.15, -0.1) is 11.3 Å². The van der Waals surface area contributed by atoms with Gasteiger partial charge in [-0.2, -0.15) is 4.68 Å². The van der Waals surface area contributed by atoms with E-state index in [1.165, 1.54) is 25.7 Å². The van der Waals surface area contributed by atoms with Gasteiger partial charge >= 0.3 is 5.97 Å². The second-order valence-corrected chi connectivity index (χ2v) is 7.41. The minimum Gasteiger partial charge on any atom is -0.462 e. The molecule has 0 amide bonds. The summed E-state index contributed by atoms with van der Waals surface area (Å²) in [6.07, 6.45) is 6.94. The monoisotopic (exact) mass is 375 g/mol. The largest absolute Gasteiger partial charge is 0.462 e. The standard InChI is InChI=1S/C18H25N5O2S/c1-3-4-5-6-7-8-11-25-17(24)15-13(2)19-18-20-21-22-23(18)16(15)14-10-9-12-26-14/h9-10,12,16H,3-8,11H2,1-2H3,(H,19,20,22)/t16-/m0/s1.